The SMILES string of the molecule is CC1(C)C2CCC(C3(C=O)CC3)C1C2. The van der Waals surface area contributed by atoms with E-state index in [1.807, 2.05) is 0 Å². The van der Waals surface area contributed by atoms with Crippen LogP contribution in [0.3, 0.4) is 0 Å². The lowest BCUT2D eigenvalue weighted by molar-refractivity contribution is -0.138. The first-order chi connectivity index (χ1) is 6.60. The van der Waals surface area contributed by atoms with Gasteiger partial charge in [-0.15, -0.1) is 0 Å². The van der Waals surface area contributed by atoms with Crippen molar-refractivity contribution in [2.75, 3.05) is 0 Å². The van der Waals surface area contributed by atoms with Gasteiger partial charge in [0.25, 0.3) is 0 Å². The molecule has 4 aliphatic carbocycles. The quantitative estimate of drug-likeness (QED) is 0.615. The summed E-state index contributed by atoms with van der Waals surface area (Å²) < 4.78 is 0. The molecule has 0 aromatic carbocycles. The standard InChI is InChI=1S/C13H20O/c1-12(2)9-3-4-10(11(12)7-9)13(8-14)5-6-13/h8-11H,3-7H2,1-2H3. The summed E-state index contributed by atoms with van der Waals surface area (Å²) in [5.74, 6) is 2.56. The van der Waals surface area contributed by atoms with E-state index in [-0.39, 0.29) is 5.41 Å². The molecule has 0 amide bonds. The molecule has 0 spiro atoms. The van der Waals surface area contributed by atoms with E-state index >= 15 is 0 Å². The second kappa shape index (κ2) is 2.43. The third-order valence-corrected chi connectivity index (χ3v) is 5.66. The Hall–Kier alpha value is -0.330. The van der Waals surface area contributed by atoms with Gasteiger partial charge in [0.1, 0.15) is 6.29 Å². The number of hydrogen-bond donors (Lipinski definition) is 0. The third-order valence-electron chi connectivity index (χ3n) is 5.66. The van der Waals surface area contributed by atoms with Gasteiger partial charge < -0.3 is 4.79 Å². The van der Waals surface area contributed by atoms with Crippen LogP contribution in [-0.4, -0.2) is 6.29 Å². The van der Waals surface area contributed by atoms with Crippen LogP contribution in [0, 0.1) is 28.6 Å². The van der Waals surface area contributed by atoms with Crippen molar-refractivity contribution in [2.45, 2.75) is 46.0 Å². The van der Waals surface area contributed by atoms with E-state index in [0.29, 0.717) is 5.41 Å². The van der Waals surface area contributed by atoms with Crippen molar-refractivity contribution in [2.24, 2.45) is 28.6 Å². The molecule has 1 nitrogen and oxygen atoms in total. The number of aldehydes is 1. The summed E-state index contributed by atoms with van der Waals surface area (Å²) in [6.45, 7) is 4.83. The van der Waals surface area contributed by atoms with Gasteiger partial charge in [-0.3, -0.25) is 0 Å². The van der Waals surface area contributed by atoms with E-state index in [1.165, 1.54) is 38.4 Å². The first-order valence-corrected chi connectivity index (χ1v) is 6.06. The molecular weight excluding hydrogens is 172 g/mol. The lowest BCUT2D eigenvalue weighted by Gasteiger charge is -2.61. The van der Waals surface area contributed by atoms with Crippen LogP contribution < -0.4 is 0 Å². The van der Waals surface area contributed by atoms with E-state index in [1.54, 1.807) is 0 Å². The normalized spacial score (nSPS) is 46.6. The van der Waals surface area contributed by atoms with Crippen molar-refractivity contribution < 1.29 is 4.79 Å². The first-order valence-electron chi connectivity index (χ1n) is 6.06. The molecule has 0 aromatic heterocycles. The summed E-state index contributed by atoms with van der Waals surface area (Å²) in [5, 5.41) is 0. The molecular formula is C13H20O. The molecule has 3 atom stereocenters. The van der Waals surface area contributed by atoms with E-state index in [2.05, 4.69) is 13.8 Å². The molecule has 3 unspecified atom stereocenters. The van der Waals surface area contributed by atoms with E-state index in [4.69, 9.17) is 0 Å². The Bertz CT molecular complexity index is 273. The lowest BCUT2D eigenvalue weighted by Crippen LogP contribution is -2.54. The second-order valence-electron chi connectivity index (χ2n) is 6.40. The van der Waals surface area contributed by atoms with Crippen molar-refractivity contribution in [3.63, 3.8) is 0 Å². The first kappa shape index (κ1) is 8.94. The summed E-state index contributed by atoms with van der Waals surface area (Å²) in [4.78, 5) is 11.2. The molecule has 78 valence electrons. The zero-order valence-corrected chi connectivity index (χ0v) is 9.25. The van der Waals surface area contributed by atoms with Crippen molar-refractivity contribution in [3.05, 3.63) is 0 Å². The van der Waals surface area contributed by atoms with E-state index in [9.17, 15) is 4.79 Å². The molecule has 0 aromatic rings. The predicted molar refractivity (Wildman–Crippen MR) is 55.8 cm³/mol. The van der Waals surface area contributed by atoms with Gasteiger partial charge in [0.15, 0.2) is 0 Å². The smallest absolute Gasteiger partial charge is 0.126 e. The van der Waals surface area contributed by atoms with Gasteiger partial charge in [-0.1, -0.05) is 13.8 Å². The summed E-state index contributed by atoms with van der Waals surface area (Å²) in [7, 11) is 0. The largest absolute Gasteiger partial charge is 0.303 e. The fraction of sp³-hybridized carbons (Fsp3) is 0.923. The van der Waals surface area contributed by atoms with E-state index < -0.39 is 0 Å². The van der Waals surface area contributed by atoms with Gasteiger partial charge >= 0.3 is 0 Å². The molecule has 1 heteroatoms. The maximum absolute atomic E-state index is 11.2. The van der Waals surface area contributed by atoms with Crippen molar-refractivity contribution in [1.29, 1.82) is 0 Å². The van der Waals surface area contributed by atoms with Crippen LogP contribution in [0.5, 0.6) is 0 Å². The Balaban J connectivity index is 1.85. The highest BCUT2D eigenvalue weighted by atomic mass is 16.1. The fourth-order valence-electron chi connectivity index (χ4n) is 4.22. The number of hydrogen-bond acceptors (Lipinski definition) is 1. The van der Waals surface area contributed by atoms with Gasteiger partial charge in [-0.05, 0) is 55.3 Å². The number of carbonyl (C=O) groups excluding carboxylic acids is 1. The molecule has 4 rings (SSSR count). The van der Waals surface area contributed by atoms with Crippen LogP contribution in [-0.2, 0) is 4.79 Å². The molecule has 4 saturated carbocycles. The molecule has 0 N–H and O–H groups in total. The van der Waals surface area contributed by atoms with Crippen LogP contribution in [0.25, 0.3) is 0 Å². The summed E-state index contributed by atoms with van der Waals surface area (Å²) >= 11 is 0. The van der Waals surface area contributed by atoms with E-state index in [0.717, 1.165) is 17.8 Å². The number of fused-ring (bicyclic) bond motifs is 2. The maximum Gasteiger partial charge on any atom is 0.126 e. The average Bonchev–Trinajstić information content (AvgIpc) is 2.98. The molecule has 14 heavy (non-hydrogen) atoms. The topological polar surface area (TPSA) is 17.1 Å². The minimum absolute atomic E-state index is 0.146. The Labute approximate surface area is 86.3 Å². The van der Waals surface area contributed by atoms with Crippen molar-refractivity contribution >= 4 is 6.29 Å². The van der Waals surface area contributed by atoms with Crippen LogP contribution in [0.2, 0.25) is 0 Å². The lowest BCUT2D eigenvalue weighted by atomic mass is 9.43. The highest BCUT2D eigenvalue weighted by molar-refractivity contribution is 5.64. The highest BCUT2D eigenvalue weighted by Crippen LogP contribution is 2.68. The Kier molecular flexibility index (Phi) is 1.55. The van der Waals surface area contributed by atoms with Gasteiger partial charge in [-0.25, -0.2) is 0 Å². The van der Waals surface area contributed by atoms with Crippen LogP contribution in [0.15, 0.2) is 0 Å². The summed E-state index contributed by atoms with van der Waals surface area (Å²) in [5.41, 5.74) is 0.689. The van der Waals surface area contributed by atoms with Gasteiger partial charge in [0.05, 0.1) is 0 Å². The Morgan fingerprint density at radius 3 is 2.29 bits per heavy atom. The second-order valence-corrected chi connectivity index (χ2v) is 6.40. The molecule has 0 aliphatic heterocycles. The van der Waals surface area contributed by atoms with Gasteiger partial charge in [0, 0.05) is 5.41 Å². The monoisotopic (exact) mass is 192 g/mol. The maximum atomic E-state index is 11.2. The summed E-state index contributed by atoms with van der Waals surface area (Å²) in [6.07, 6.45) is 7.76. The zero-order valence-electron chi connectivity index (χ0n) is 9.25. The van der Waals surface area contributed by atoms with Crippen molar-refractivity contribution in [1.82, 2.24) is 0 Å². The minimum Gasteiger partial charge on any atom is -0.303 e. The van der Waals surface area contributed by atoms with Crippen LogP contribution >= 0.6 is 0 Å². The third kappa shape index (κ3) is 0.888. The number of carbonyl (C=O) groups is 1. The van der Waals surface area contributed by atoms with Crippen LogP contribution in [0.4, 0.5) is 0 Å². The molecule has 4 aliphatic rings. The molecule has 0 heterocycles. The average molecular weight is 192 g/mol. The zero-order chi connectivity index (χ0) is 9.97. The number of rotatable bonds is 2. The minimum atomic E-state index is 0.146. The Morgan fingerprint density at radius 1 is 1.14 bits per heavy atom. The van der Waals surface area contributed by atoms with Gasteiger partial charge in [0.2, 0.25) is 0 Å². The van der Waals surface area contributed by atoms with Gasteiger partial charge in [-0.2, -0.15) is 0 Å². The Morgan fingerprint density at radius 2 is 1.86 bits per heavy atom. The summed E-state index contributed by atoms with van der Waals surface area (Å²) in [6, 6.07) is 0. The van der Waals surface area contributed by atoms with Crippen LogP contribution in [0.1, 0.15) is 46.0 Å². The molecule has 0 saturated heterocycles. The molecule has 4 fully saturated rings. The highest BCUT2D eigenvalue weighted by Gasteiger charge is 2.62. The molecule has 2 bridgehead atoms. The predicted octanol–water partition coefficient (Wildman–Crippen LogP) is 3.04. The fourth-order valence-corrected chi connectivity index (χ4v) is 4.22. The van der Waals surface area contributed by atoms with Crippen molar-refractivity contribution in [3.8, 4) is 0 Å². The molecule has 0 radical (unpaired) electrons.